The molecule has 2 aliphatic heterocycles. The lowest BCUT2D eigenvalue weighted by molar-refractivity contribution is -0.110. The van der Waals surface area contributed by atoms with Gasteiger partial charge in [0.2, 0.25) is 4.99 Å². The van der Waals surface area contributed by atoms with Crippen LogP contribution in [0.5, 0.6) is 0 Å². The van der Waals surface area contributed by atoms with Crippen LogP contribution in [0.2, 0.25) is 0 Å². The van der Waals surface area contributed by atoms with Crippen molar-refractivity contribution in [3.8, 4) is 0 Å². The average Bonchev–Trinajstić information content (AvgIpc) is 3.25. The molecule has 3 aromatic carbocycles. The molecule has 1 unspecified atom stereocenters. The Bertz CT molecular complexity index is 1210. The van der Waals surface area contributed by atoms with E-state index in [-0.39, 0.29) is 5.78 Å². The van der Waals surface area contributed by atoms with E-state index in [9.17, 15) is 4.79 Å². The Morgan fingerprint density at radius 2 is 1.45 bits per heavy atom. The Balaban J connectivity index is 1.64. The number of hydrogen-bond acceptors (Lipinski definition) is 6. The highest BCUT2D eigenvalue weighted by atomic mass is 32.2. The number of carbonyl (C=O) groups excluding carboxylic acids is 1. The first-order chi connectivity index (χ1) is 16.1. The van der Waals surface area contributed by atoms with Crippen molar-refractivity contribution in [3.63, 3.8) is 0 Å². The molecule has 3 aromatic rings. The first-order valence-electron chi connectivity index (χ1n) is 11.3. The standard InChI is InChI=1S/C27H26N4OS/c1-3-21-14-16-22(17-15-21)25-18-19-27(30(28-25)23-10-6-4-7-11-23)31(24-12-8-5-9-13-24)29-26(33-27)20(2)32/h4-17H,3,18-19H2,1-2H3. The second kappa shape index (κ2) is 8.87. The molecule has 1 atom stereocenters. The van der Waals surface area contributed by atoms with Gasteiger partial charge in [0.15, 0.2) is 10.8 Å². The van der Waals surface area contributed by atoms with Gasteiger partial charge in [-0.05, 0) is 60.0 Å². The van der Waals surface area contributed by atoms with Crippen molar-refractivity contribution in [1.82, 2.24) is 0 Å². The molecule has 2 heterocycles. The number of nitrogens with zero attached hydrogens (tertiary/aromatic N) is 4. The molecule has 0 bridgehead atoms. The number of anilines is 2. The highest BCUT2D eigenvalue weighted by Crippen LogP contribution is 2.50. The fraction of sp³-hybridized carbons (Fsp3) is 0.222. The predicted octanol–water partition coefficient (Wildman–Crippen LogP) is 6.06. The summed E-state index contributed by atoms with van der Waals surface area (Å²) >= 11 is 1.50. The summed E-state index contributed by atoms with van der Waals surface area (Å²) in [5.74, 6) is -0.0317. The summed E-state index contributed by atoms with van der Waals surface area (Å²) < 4.78 is 0. The number of benzene rings is 3. The Morgan fingerprint density at radius 1 is 0.879 bits per heavy atom. The van der Waals surface area contributed by atoms with Gasteiger partial charge in [0.25, 0.3) is 0 Å². The molecule has 0 aliphatic carbocycles. The number of aryl methyl sites for hydroxylation is 1. The minimum absolute atomic E-state index is 0.0317. The van der Waals surface area contributed by atoms with Crippen LogP contribution in [-0.4, -0.2) is 21.5 Å². The van der Waals surface area contributed by atoms with Crippen LogP contribution >= 0.6 is 11.8 Å². The molecule has 166 valence electrons. The minimum atomic E-state index is -0.656. The summed E-state index contributed by atoms with van der Waals surface area (Å²) in [4.78, 5) is 11.7. The fourth-order valence-electron chi connectivity index (χ4n) is 4.25. The molecule has 5 rings (SSSR count). The van der Waals surface area contributed by atoms with E-state index in [4.69, 9.17) is 10.2 Å². The number of thioether (sulfide) groups is 1. The number of Topliss-reactive ketones (excluding diaryl/α,β-unsaturated/α-hetero) is 1. The van der Waals surface area contributed by atoms with E-state index in [1.54, 1.807) is 6.92 Å². The van der Waals surface area contributed by atoms with Gasteiger partial charge >= 0.3 is 0 Å². The van der Waals surface area contributed by atoms with Crippen molar-refractivity contribution < 1.29 is 4.79 Å². The quantitative estimate of drug-likeness (QED) is 0.470. The zero-order valence-corrected chi connectivity index (χ0v) is 19.6. The second-order valence-corrected chi connectivity index (χ2v) is 9.44. The zero-order chi connectivity index (χ0) is 22.8. The monoisotopic (exact) mass is 454 g/mol. The van der Waals surface area contributed by atoms with Crippen LogP contribution in [0.25, 0.3) is 0 Å². The first-order valence-corrected chi connectivity index (χ1v) is 12.1. The van der Waals surface area contributed by atoms with Crippen molar-refractivity contribution in [1.29, 1.82) is 0 Å². The topological polar surface area (TPSA) is 48.3 Å². The van der Waals surface area contributed by atoms with Crippen molar-refractivity contribution in [2.24, 2.45) is 10.2 Å². The number of hydrazone groups is 2. The van der Waals surface area contributed by atoms with Gasteiger partial charge in [-0.3, -0.25) is 4.79 Å². The molecule has 33 heavy (non-hydrogen) atoms. The van der Waals surface area contributed by atoms with Gasteiger partial charge in [0.1, 0.15) is 0 Å². The van der Waals surface area contributed by atoms with Gasteiger partial charge < -0.3 is 0 Å². The van der Waals surface area contributed by atoms with E-state index >= 15 is 0 Å². The SMILES string of the molecule is CCc1ccc(C2=NN(c3ccccc3)C3(CC2)SC(C(C)=O)=NN3c2ccccc2)cc1. The van der Waals surface area contributed by atoms with E-state index in [0.29, 0.717) is 5.04 Å². The number of hydrogen-bond donors (Lipinski definition) is 0. The Labute approximate surface area is 198 Å². The molecular weight excluding hydrogens is 428 g/mol. The minimum Gasteiger partial charge on any atom is -0.292 e. The largest absolute Gasteiger partial charge is 0.292 e. The smallest absolute Gasteiger partial charge is 0.208 e. The maximum absolute atomic E-state index is 12.4. The Hall–Kier alpha value is -3.38. The molecule has 0 saturated carbocycles. The van der Waals surface area contributed by atoms with Crippen LogP contribution in [-0.2, 0) is 11.2 Å². The molecule has 0 aromatic heterocycles. The summed E-state index contributed by atoms with van der Waals surface area (Å²) in [5, 5.41) is 14.5. The third-order valence-corrected chi connectivity index (χ3v) is 7.46. The van der Waals surface area contributed by atoms with Crippen molar-refractivity contribution in [3.05, 3.63) is 96.1 Å². The molecular formula is C27H26N4OS. The average molecular weight is 455 g/mol. The van der Waals surface area contributed by atoms with E-state index < -0.39 is 4.99 Å². The number of rotatable bonds is 5. The molecule has 0 fully saturated rings. The van der Waals surface area contributed by atoms with E-state index in [1.165, 1.54) is 17.3 Å². The van der Waals surface area contributed by atoms with Gasteiger partial charge in [0.05, 0.1) is 17.1 Å². The van der Waals surface area contributed by atoms with Crippen LogP contribution in [0.4, 0.5) is 11.4 Å². The third kappa shape index (κ3) is 3.95. The van der Waals surface area contributed by atoms with E-state index in [2.05, 4.69) is 48.3 Å². The predicted molar refractivity (Wildman–Crippen MR) is 138 cm³/mol. The number of ketones is 1. The van der Waals surface area contributed by atoms with Crippen LogP contribution in [0, 0.1) is 0 Å². The maximum atomic E-state index is 12.4. The number of para-hydroxylation sites is 2. The van der Waals surface area contributed by atoms with Gasteiger partial charge in [0, 0.05) is 13.3 Å². The molecule has 0 N–H and O–H groups in total. The molecule has 0 radical (unpaired) electrons. The van der Waals surface area contributed by atoms with Gasteiger partial charge in [-0.1, -0.05) is 67.6 Å². The van der Waals surface area contributed by atoms with Crippen LogP contribution < -0.4 is 10.0 Å². The molecule has 0 saturated heterocycles. The van der Waals surface area contributed by atoms with Crippen LogP contribution in [0.15, 0.2) is 95.1 Å². The third-order valence-electron chi connectivity index (χ3n) is 6.02. The van der Waals surface area contributed by atoms with Crippen molar-refractivity contribution >= 4 is 39.7 Å². The Morgan fingerprint density at radius 3 is 2.00 bits per heavy atom. The van der Waals surface area contributed by atoms with E-state index in [0.717, 1.165) is 41.9 Å². The molecule has 1 spiro atoms. The van der Waals surface area contributed by atoms with Crippen molar-refractivity contribution in [2.75, 3.05) is 10.0 Å². The highest BCUT2D eigenvalue weighted by molar-refractivity contribution is 8.17. The van der Waals surface area contributed by atoms with Gasteiger partial charge in [-0.25, -0.2) is 10.0 Å². The fourth-order valence-corrected chi connectivity index (χ4v) is 5.49. The molecule has 5 nitrogen and oxygen atoms in total. The molecule has 2 aliphatic rings. The van der Waals surface area contributed by atoms with Gasteiger partial charge in [-0.2, -0.15) is 10.2 Å². The van der Waals surface area contributed by atoms with Crippen LogP contribution in [0.3, 0.4) is 0 Å². The van der Waals surface area contributed by atoms with Gasteiger partial charge in [-0.15, -0.1) is 0 Å². The normalized spacial score (nSPS) is 20.1. The summed E-state index contributed by atoms with van der Waals surface area (Å²) in [5.41, 5.74) is 5.39. The van der Waals surface area contributed by atoms with Crippen LogP contribution in [0.1, 0.15) is 37.8 Å². The maximum Gasteiger partial charge on any atom is 0.208 e. The lowest BCUT2D eigenvalue weighted by Crippen LogP contribution is -2.56. The first kappa shape index (κ1) is 21.5. The second-order valence-electron chi connectivity index (χ2n) is 8.20. The zero-order valence-electron chi connectivity index (χ0n) is 18.8. The Kier molecular flexibility index (Phi) is 5.77. The summed E-state index contributed by atoms with van der Waals surface area (Å²) in [6, 6.07) is 28.9. The summed E-state index contributed by atoms with van der Waals surface area (Å²) in [6.07, 6.45) is 2.56. The highest BCUT2D eigenvalue weighted by Gasteiger charge is 2.52. The lowest BCUT2D eigenvalue weighted by Gasteiger charge is -2.46. The molecule has 0 amide bonds. The number of carbonyl (C=O) groups is 1. The van der Waals surface area contributed by atoms with Crippen molar-refractivity contribution in [2.45, 2.75) is 38.1 Å². The lowest BCUT2D eigenvalue weighted by atomic mass is 10.0. The summed E-state index contributed by atoms with van der Waals surface area (Å²) in [7, 11) is 0. The summed E-state index contributed by atoms with van der Waals surface area (Å²) in [6.45, 7) is 3.74. The van der Waals surface area contributed by atoms with E-state index in [1.807, 2.05) is 53.5 Å². The molecule has 6 heteroatoms.